The van der Waals surface area contributed by atoms with Crippen molar-refractivity contribution >= 4 is 37.9 Å². The van der Waals surface area contributed by atoms with E-state index in [9.17, 15) is 17.6 Å². The maximum Gasteiger partial charge on any atom is 0.249 e. The van der Waals surface area contributed by atoms with E-state index in [-0.39, 0.29) is 10.7 Å². The van der Waals surface area contributed by atoms with Gasteiger partial charge in [-0.05, 0) is 24.6 Å². The highest BCUT2D eigenvalue weighted by atomic mass is 32.2. The summed E-state index contributed by atoms with van der Waals surface area (Å²) < 4.78 is 40.5. The van der Waals surface area contributed by atoms with Crippen molar-refractivity contribution in [2.75, 3.05) is 11.9 Å². The summed E-state index contributed by atoms with van der Waals surface area (Å²) in [7, 11) is -2.40. The third-order valence-electron chi connectivity index (χ3n) is 3.24. The molecule has 21 heavy (non-hydrogen) atoms. The quantitative estimate of drug-likeness (QED) is 0.805. The van der Waals surface area contributed by atoms with Crippen molar-refractivity contribution in [3.05, 3.63) is 30.1 Å². The van der Waals surface area contributed by atoms with Gasteiger partial charge in [0.25, 0.3) is 0 Å². The number of hydrogen-bond acceptors (Lipinski definition) is 5. The molecule has 1 aromatic carbocycles. The Kier molecular flexibility index (Phi) is 3.48. The minimum Gasteiger partial charge on any atom is -0.440 e. The van der Waals surface area contributed by atoms with Gasteiger partial charge < -0.3 is 9.73 Å². The fourth-order valence-electron chi connectivity index (χ4n) is 2.29. The van der Waals surface area contributed by atoms with E-state index in [1.165, 1.54) is 24.3 Å². The molecule has 2 heterocycles. The molecule has 2 N–H and O–H groups in total. The van der Waals surface area contributed by atoms with Gasteiger partial charge in [-0.15, -0.1) is 0 Å². The molecule has 1 aliphatic heterocycles. The standard InChI is InChI=1S/C13H11FN2O4S/c14-8-1-2-9-7(5-8)6-11(20-9)16-13(17)12-10(21(18)19)3-4-15-12/h1-2,5-6,12,15H,3-4H2,(H,16,17). The van der Waals surface area contributed by atoms with Gasteiger partial charge in [-0.1, -0.05) is 0 Å². The van der Waals surface area contributed by atoms with Crippen LogP contribution in [0.15, 0.2) is 28.7 Å². The number of carbonyl (C=O) groups excluding carboxylic acids is 1. The van der Waals surface area contributed by atoms with Gasteiger partial charge in [0.1, 0.15) is 17.4 Å². The molecule has 8 heteroatoms. The van der Waals surface area contributed by atoms with E-state index >= 15 is 0 Å². The predicted molar refractivity (Wildman–Crippen MR) is 75.1 cm³/mol. The van der Waals surface area contributed by atoms with Crippen LogP contribution in [0.5, 0.6) is 0 Å². The molecule has 3 rings (SSSR count). The Hall–Kier alpha value is -2.19. The van der Waals surface area contributed by atoms with Crippen molar-refractivity contribution in [1.29, 1.82) is 0 Å². The van der Waals surface area contributed by atoms with Gasteiger partial charge in [0.2, 0.25) is 22.1 Å². The van der Waals surface area contributed by atoms with Crippen LogP contribution in [0, 0.1) is 5.82 Å². The smallest absolute Gasteiger partial charge is 0.249 e. The Morgan fingerprint density at radius 2 is 2.19 bits per heavy atom. The number of nitrogens with one attached hydrogen (secondary N) is 2. The lowest BCUT2D eigenvalue weighted by atomic mass is 10.2. The van der Waals surface area contributed by atoms with Gasteiger partial charge >= 0.3 is 0 Å². The molecule has 1 fully saturated rings. The summed E-state index contributed by atoms with van der Waals surface area (Å²) in [5.74, 6) is -0.785. The highest BCUT2D eigenvalue weighted by Gasteiger charge is 2.30. The van der Waals surface area contributed by atoms with Crippen molar-refractivity contribution in [1.82, 2.24) is 5.32 Å². The second-order valence-electron chi connectivity index (χ2n) is 4.62. The topological polar surface area (TPSA) is 88.4 Å². The fourth-order valence-corrected chi connectivity index (χ4v) is 2.94. The molecule has 0 bridgehead atoms. The van der Waals surface area contributed by atoms with E-state index < -0.39 is 28.1 Å². The number of carbonyl (C=O) groups is 1. The molecule has 1 aliphatic rings. The Morgan fingerprint density at radius 3 is 2.95 bits per heavy atom. The summed E-state index contributed by atoms with van der Waals surface area (Å²) >= 11 is 0. The molecule has 0 aliphatic carbocycles. The largest absolute Gasteiger partial charge is 0.440 e. The van der Waals surface area contributed by atoms with Gasteiger partial charge in [-0.3, -0.25) is 10.1 Å². The second kappa shape index (κ2) is 5.30. The molecule has 1 atom stereocenters. The maximum atomic E-state index is 13.1. The first-order valence-corrected chi connectivity index (χ1v) is 7.30. The number of halogens is 1. The fraction of sp³-hybridized carbons (Fsp3) is 0.231. The molecule has 0 saturated carbocycles. The number of fused-ring (bicyclic) bond motifs is 1. The molecular formula is C13H11FN2O4S. The molecule has 1 unspecified atom stereocenters. The van der Waals surface area contributed by atoms with Crippen LogP contribution < -0.4 is 10.6 Å². The Morgan fingerprint density at radius 1 is 1.38 bits per heavy atom. The van der Waals surface area contributed by atoms with Crippen LogP contribution in [0.1, 0.15) is 6.42 Å². The molecule has 110 valence electrons. The van der Waals surface area contributed by atoms with Crippen molar-refractivity contribution in [2.24, 2.45) is 0 Å². The van der Waals surface area contributed by atoms with Crippen LogP contribution >= 0.6 is 0 Å². The zero-order chi connectivity index (χ0) is 15.0. The van der Waals surface area contributed by atoms with Crippen molar-refractivity contribution in [3.63, 3.8) is 0 Å². The molecule has 1 saturated heterocycles. The molecule has 0 spiro atoms. The maximum absolute atomic E-state index is 13.1. The molecule has 1 aromatic heterocycles. The van der Waals surface area contributed by atoms with Crippen LogP contribution in [0.2, 0.25) is 0 Å². The Balaban J connectivity index is 1.85. The van der Waals surface area contributed by atoms with Crippen LogP contribution in [-0.4, -0.2) is 31.8 Å². The summed E-state index contributed by atoms with van der Waals surface area (Å²) in [4.78, 5) is 12.2. The van der Waals surface area contributed by atoms with Gasteiger partial charge in [0, 0.05) is 18.0 Å². The zero-order valence-corrected chi connectivity index (χ0v) is 11.5. The summed E-state index contributed by atoms with van der Waals surface area (Å²) in [6, 6.07) is 4.58. The van der Waals surface area contributed by atoms with E-state index in [0.717, 1.165) is 0 Å². The molecule has 2 aromatic rings. The first-order valence-electron chi connectivity index (χ1n) is 6.23. The lowest BCUT2D eigenvalue weighted by molar-refractivity contribution is -0.116. The first kappa shape index (κ1) is 13.8. The number of anilines is 1. The average molecular weight is 310 g/mol. The lowest BCUT2D eigenvalue weighted by Gasteiger charge is -2.08. The third-order valence-corrected chi connectivity index (χ3v) is 4.11. The van der Waals surface area contributed by atoms with Crippen molar-refractivity contribution in [2.45, 2.75) is 12.5 Å². The van der Waals surface area contributed by atoms with E-state index in [2.05, 4.69) is 10.6 Å². The number of furan rings is 1. The minimum atomic E-state index is -2.40. The summed E-state index contributed by atoms with van der Waals surface area (Å²) in [5.41, 5.74) is 0.433. The van der Waals surface area contributed by atoms with Gasteiger partial charge in [0.15, 0.2) is 0 Å². The van der Waals surface area contributed by atoms with E-state index in [0.29, 0.717) is 23.9 Å². The summed E-state index contributed by atoms with van der Waals surface area (Å²) in [6.07, 6.45) is 0.305. The molecule has 0 radical (unpaired) electrons. The van der Waals surface area contributed by atoms with Gasteiger partial charge in [0.05, 0.1) is 4.86 Å². The Bertz CT molecular complexity index is 848. The monoisotopic (exact) mass is 310 g/mol. The van der Waals surface area contributed by atoms with E-state index in [4.69, 9.17) is 4.42 Å². The van der Waals surface area contributed by atoms with Gasteiger partial charge in [-0.2, -0.15) is 8.42 Å². The molecule has 1 amide bonds. The lowest BCUT2D eigenvalue weighted by Crippen LogP contribution is -2.40. The highest BCUT2D eigenvalue weighted by molar-refractivity contribution is 7.73. The molecule has 6 nitrogen and oxygen atoms in total. The first-order chi connectivity index (χ1) is 10.0. The normalized spacial score (nSPS) is 18.1. The number of hydrogen-bond donors (Lipinski definition) is 2. The second-order valence-corrected chi connectivity index (χ2v) is 5.61. The van der Waals surface area contributed by atoms with E-state index in [1.807, 2.05) is 0 Å². The number of amides is 1. The minimum absolute atomic E-state index is 0.120. The summed E-state index contributed by atoms with van der Waals surface area (Å²) in [5, 5.41) is 5.82. The predicted octanol–water partition coefficient (Wildman–Crippen LogP) is 0.924. The molecular weight excluding hydrogens is 299 g/mol. The SMILES string of the molecule is O=C(Nc1cc2cc(F)ccc2o1)C1NCCC1=S(=O)=O. The highest BCUT2D eigenvalue weighted by Crippen LogP contribution is 2.24. The van der Waals surface area contributed by atoms with Crippen molar-refractivity contribution < 1.29 is 22.0 Å². The van der Waals surface area contributed by atoms with E-state index in [1.54, 1.807) is 0 Å². The van der Waals surface area contributed by atoms with Gasteiger partial charge in [-0.25, -0.2) is 4.39 Å². The van der Waals surface area contributed by atoms with Crippen LogP contribution in [0.4, 0.5) is 10.3 Å². The van der Waals surface area contributed by atoms with Crippen LogP contribution in [0.25, 0.3) is 11.0 Å². The van der Waals surface area contributed by atoms with Crippen LogP contribution in [0.3, 0.4) is 0 Å². The summed E-state index contributed by atoms with van der Waals surface area (Å²) in [6.45, 7) is 0.423. The average Bonchev–Trinajstić information content (AvgIpc) is 3.03. The zero-order valence-electron chi connectivity index (χ0n) is 10.7. The van der Waals surface area contributed by atoms with Crippen LogP contribution in [-0.2, 0) is 15.1 Å². The van der Waals surface area contributed by atoms with Crippen molar-refractivity contribution in [3.8, 4) is 0 Å². The third kappa shape index (κ3) is 2.67. The number of rotatable bonds is 2. The Labute approximate surface area is 120 Å². The number of benzene rings is 1.